The molecule has 3 rings (SSSR count). The van der Waals surface area contributed by atoms with Crippen molar-refractivity contribution in [3.05, 3.63) is 53.1 Å². The summed E-state index contributed by atoms with van der Waals surface area (Å²) in [5, 5.41) is 3.35. The maximum Gasteiger partial charge on any atom is 0.414 e. The molecule has 118 valence electrons. The highest BCUT2D eigenvalue weighted by molar-refractivity contribution is 6.30. The topological polar surface area (TPSA) is 38.3 Å². The van der Waals surface area contributed by atoms with E-state index in [9.17, 15) is 4.79 Å². The van der Waals surface area contributed by atoms with Crippen LogP contribution < -0.4 is 5.32 Å². The van der Waals surface area contributed by atoms with Crippen LogP contribution in [-0.2, 0) is 10.3 Å². The quantitative estimate of drug-likeness (QED) is 0.759. The number of halogens is 1. The van der Waals surface area contributed by atoms with Gasteiger partial charge in [-0.2, -0.15) is 0 Å². The number of anilines is 1. The number of benzene rings is 2. The van der Waals surface area contributed by atoms with Crippen molar-refractivity contribution >= 4 is 23.4 Å². The molecular weight excluding hydrogens is 322 g/mol. The molecule has 2 aromatic rings. The average molecular weight is 336 g/mol. The SMILES string of the molecule is CC#CC1(C#CC)OC(=O)Nc2ccc(-c3cccc(Cl)c3)cc21. The molecule has 2 aromatic carbocycles. The zero-order valence-corrected chi connectivity index (χ0v) is 14.0. The maximum atomic E-state index is 11.9. The lowest BCUT2D eigenvalue weighted by molar-refractivity contribution is 0.0970. The van der Waals surface area contributed by atoms with Crippen molar-refractivity contribution in [3.63, 3.8) is 0 Å². The molecule has 0 spiro atoms. The fraction of sp³-hybridized carbons (Fsp3) is 0.150. The van der Waals surface area contributed by atoms with E-state index in [0.717, 1.165) is 11.1 Å². The minimum atomic E-state index is -1.27. The van der Waals surface area contributed by atoms with Crippen LogP contribution in [0.25, 0.3) is 11.1 Å². The number of fused-ring (bicyclic) bond motifs is 1. The molecule has 0 radical (unpaired) electrons. The van der Waals surface area contributed by atoms with Crippen molar-refractivity contribution in [1.29, 1.82) is 0 Å². The third kappa shape index (κ3) is 2.83. The number of ether oxygens (including phenoxy) is 1. The minimum Gasteiger partial charge on any atom is -0.413 e. The minimum absolute atomic E-state index is 0.566. The Morgan fingerprint density at radius 1 is 1.04 bits per heavy atom. The summed E-state index contributed by atoms with van der Waals surface area (Å²) in [6.07, 6.45) is -0.566. The summed E-state index contributed by atoms with van der Waals surface area (Å²) in [5.74, 6) is 11.5. The van der Waals surface area contributed by atoms with Gasteiger partial charge in [-0.15, -0.1) is 11.8 Å². The summed E-state index contributed by atoms with van der Waals surface area (Å²) in [4.78, 5) is 11.9. The molecule has 24 heavy (non-hydrogen) atoms. The van der Waals surface area contributed by atoms with E-state index in [0.29, 0.717) is 16.3 Å². The molecule has 0 aliphatic carbocycles. The number of hydrogen-bond donors (Lipinski definition) is 1. The third-order valence-corrected chi connectivity index (χ3v) is 3.88. The number of carbonyl (C=O) groups excluding carboxylic acids is 1. The summed E-state index contributed by atoms with van der Waals surface area (Å²) < 4.78 is 5.47. The number of cyclic esters (lactones) is 1. The molecular formula is C20H14ClNO2. The summed E-state index contributed by atoms with van der Waals surface area (Å²) in [6.45, 7) is 3.38. The molecule has 1 aliphatic rings. The van der Waals surface area contributed by atoms with Crippen molar-refractivity contribution in [2.75, 3.05) is 5.32 Å². The lowest BCUT2D eigenvalue weighted by Gasteiger charge is -2.31. The molecule has 1 N–H and O–H groups in total. The zero-order chi connectivity index (χ0) is 17.2. The predicted molar refractivity (Wildman–Crippen MR) is 95.6 cm³/mol. The normalized spacial score (nSPS) is 14.0. The second-order valence-corrected chi connectivity index (χ2v) is 5.65. The van der Waals surface area contributed by atoms with Gasteiger partial charge in [-0.3, -0.25) is 5.32 Å². The highest BCUT2D eigenvalue weighted by Gasteiger charge is 2.39. The van der Waals surface area contributed by atoms with Gasteiger partial charge < -0.3 is 4.74 Å². The van der Waals surface area contributed by atoms with Gasteiger partial charge in [0.15, 0.2) is 0 Å². The molecule has 0 unspecified atom stereocenters. The van der Waals surface area contributed by atoms with E-state index in [1.54, 1.807) is 13.8 Å². The smallest absolute Gasteiger partial charge is 0.413 e. The van der Waals surface area contributed by atoms with Crippen LogP contribution in [-0.4, -0.2) is 6.09 Å². The van der Waals surface area contributed by atoms with Crippen molar-refractivity contribution < 1.29 is 9.53 Å². The molecule has 0 atom stereocenters. The van der Waals surface area contributed by atoms with Gasteiger partial charge in [0, 0.05) is 10.6 Å². The molecule has 0 fully saturated rings. The van der Waals surface area contributed by atoms with Crippen molar-refractivity contribution in [2.45, 2.75) is 19.4 Å². The van der Waals surface area contributed by atoms with Crippen molar-refractivity contribution in [3.8, 4) is 34.8 Å². The lowest BCUT2D eigenvalue weighted by atomic mass is 9.89. The molecule has 3 nitrogen and oxygen atoms in total. The predicted octanol–water partition coefficient (Wildman–Crippen LogP) is 4.81. The zero-order valence-electron chi connectivity index (χ0n) is 13.2. The van der Waals surface area contributed by atoms with E-state index >= 15 is 0 Å². The van der Waals surface area contributed by atoms with Gasteiger partial charge in [-0.25, -0.2) is 4.79 Å². The van der Waals surface area contributed by atoms with Crippen molar-refractivity contribution in [2.24, 2.45) is 0 Å². The summed E-state index contributed by atoms with van der Waals surface area (Å²) in [6, 6.07) is 13.2. The Kier molecular flexibility index (Phi) is 4.21. The van der Waals surface area contributed by atoms with E-state index < -0.39 is 11.7 Å². The Morgan fingerprint density at radius 2 is 1.75 bits per heavy atom. The Morgan fingerprint density at radius 3 is 2.42 bits per heavy atom. The van der Waals surface area contributed by atoms with Gasteiger partial charge in [0.1, 0.15) is 0 Å². The van der Waals surface area contributed by atoms with Crippen LogP contribution in [0.1, 0.15) is 19.4 Å². The number of nitrogens with one attached hydrogen (secondary N) is 1. The molecule has 0 bridgehead atoms. The first-order valence-corrected chi connectivity index (χ1v) is 7.74. The summed E-state index contributed by atoms with van der Waals surface area (Å²) in [5.41, 5.74) is 1.99. The maximum absolute atomic E-state index is 11.9. The molecule has 0 aromatic heterocycles. The third-order valence-electron chi connectivity index (χ3n) is 3.64. The number of carbonyl (C=O) groups is 1. The van der Waals surface area contributed by atoms with Gasteiger partial charge in [-0.05, 0) is 61.1 Å². The lowest BCUT2D eigenvalue weighted by Crippen LogP contribution is -2.37. The average Bonchev–Trinajstić information content (AvgIpc) is 2.55. The Labute approximate surface area is 146 Å². The van der Waals surface area contributed by atoms with Crippen LogP contribution in [0.3, 0.4) is 0 Å². The molecule has 0 saturated heterocycles. The first kappa shape index (κ1) is 16.0. The summed E-state index contributed by atoms with van der Waals surface area (Å²) >= 11 is 6.09. The first-order valence-electron chi connectivity index (χ1n) is 7.36. The van der Waals surface area contributed by atoms with E-state index in [2.05, 4.69) is 29.0 Å². The number of amides is 1. The highest BCUT2D eigenvalue weighted by atomic mass is 35.5. The largest absolute Gasteiger partial charge is 0.414 e. The molecule has 1 amide bonds. The standard InChI is InChI=1S/C20H14ClNO2/c1-3-10-20(11-4-2)17-13-15(14-6-5-7-16(21)12-14)8-9-18(17)22-19(23)24-20/h5-9,12-13H,1-2H3,(H,22,23). The van der Waals surface area contributed by atoms with E-state index in [4.69, 9.17) is 16.3 Å². The van der Waals surface area contributed by atoms with Crippen molar-refractivity contribution in [1.82, 2.24) is 0 Å². The fourth-order valence-corrected chi connectivity index (χ4v) is 2.88. The van der Waals surface area contributed by atoms with E-state index in [-0.39, 0.29) is 0 Å². The van der Waals surface area contributed by atoms with Gasteiger partial charge in [0.25, 0.3) is 5.60 Å². The second kappa shape index (κ2) is 6.32. The molecule has 4 heteroatoms. The van der Waals surface area contributed by atoms with Crippen LogP contribution in [0.15, 0.2) is 42.5 Å². The number of rotatable bonds is 1. The van der Waals surface area contributed by atoms with Gasteiger partial charge in [-0.1, -0.05) is 29.8 Å². The van der Waals surface area contributed by atoms with Gasteiger partial charge in [0.2, 0.25) is 0 Å². The van der Waals surface area contributed by atoms with E-state index in [1.807, 2.05) is 42.5 Å². The summed E-state index contributed by atoms with van der Waals surface area (Å²) in [7, 11) is 0. The monoisotopic (exact) mass is 335 g/mol. The Balaban J connectivity index is 2.23. The van der Waals surface area contributed by atoms with Gasteiger partial charge in [0.05, 0.1) is 5.69 Å². The van der Waals surface area contributed by atoms with Crippen LogP contribution in [0.4, 0.5) is 10.5 Å². The van der Waals surface area contributed by atoms with Crippen LogP contribution in [0, 0.1) is 23.7 Å². The Hall–Kier alpha value is -2.88. The highest BCUT2D eigenvalue weighted by Crippen LogP contribution is 2.38. The van der Waals surface area contributed by atoms with Gasteiger partial charge >= 0.3 is 6.09 Å². The van der Waals surface area contributed by atoms with E-state index in [1.165, 1.54) is 0 Å². The molecule has 1 aliphatic heterocycles. The first-order chi connectivity index (χ1) is 11.6. The number of hydrogen-bond acceptors (Lipinski definition) is 2. The second-order valence-electron chi connectivity index (χ2n) is 5.22. The van der Waals surface area contributed by atoms with Crippen LogP contribution >= 0.6 is 11.6 Å². The molecule has 1 heterocycles. The van der Waals surface area contributed by atoms with Crippen LogP contribution in [0.2, 0.25) is 5.02 Å². The van der Waals surface area contributed by atoms with Crippen LogP contribution in [0.5, 0.6) is 0 Å². The molecule has 0 saturated carbocycles. The Bertz CT molecular complexity index is 921. The fourth-order valence-electron chi connectivity index (χ4n) is 2.69.